The molecule has 33 heavy (non-hydrogen) atoms. The molecule has 7 nitrogen and oxygen atoms in total. The second-order valence-electron chi connectivity index (χ2n) is 7.87. The minimum atomic E-state index is -0.637. The third-order valence-electron chi connectivity index (χ3n) is 5.68. The third kappa shape index (κ3) is 6.47. The van der Waals surface area contributed by atoms with Crippen molar-refractivity contribution in [3.8, 4) is 0 Å². The lowest BCUT2D eigenvalue weighted by atomic mass is 10.0. The van der Waals surface area contributed by atoms with E-state index in [4.69, 9.17) is 27.9 Å². The van der Waals surface area contributed by atoms with E-state index in [9.17, 15) is 14.4 Å². The molecule has 0 unspecified atom stereocenters. The van der Waals surface area contributed by atoms with Gasteiger partial charge in [-0.25, -0.2) is 4.79 Å². The van der Waals surface area contributed by atoms with E-state index in [0.29, 0.717) is 41.8 Å². The van der Waals surface area contributed by atoms with Crippen molar-refractivity contribution in [3.05, 3.63) is 69.7 Å². The summed E-state index contributed by atoms with van der Waals surface area (Å²) in [6.07, 6.45) is 0.131. The molecule has 3 rings (SSSR count). The Bertz CT molecular complexity index is 991. The zero-order chi connectivity index (χ0) is 24.0. The van der Waals surface area contributed by atoms with Crippen LogP contribution in [0.15, 0.2) is 48.5 Å². The Kier molecular flexibility index (Phi) is 8.72. The first-order chi connectivity index (χ1) is 15.8. The SMILES string of the molecule is COC(=O)[C@H](c1ccccc1Cl)N1CCN(C(=O)C[C@@H](NC(C)=O)c2ccc(Cl)cc2)CC1. The molecule has 0 spiro atoms. The number of halogens is 2. The second kappa shape index (κ2) is 11.5. The van der Waals surface area contributed by atoms with Gasteiger partial charge in [-0.3, -0.25) is 14.5 Å². The Hall–Kier alpha value is -2.61. The third-order valence-corrected chi connectivity index (χ3v) is 6.28. The summed E-state index contributed by atoms with van der Waals surface area (Å²) in [6.45, 7) is 3.30. The summed E-state index contributed by atoms with van der Waals surface area (Å²) in [4.78, 5) is 41.0. The van der Waals surface area contributed by atoms with Crippen LogP contribution in [0.3, 0.4) is 0 Å². The van der Waals surface area contributed by atoms with Gasteiger partial charge < -0.3 is 15.0 Å². The molecule has 2 atom stereocenters. The first-order valence-electron chi connectivity index (χ1n) is 10.7. The zero-order valence-corrected chi connectivity index (χ0v) is 20.1. The molecule has 1 fully saturated rings. The molecule has 0 bridgehead atoms. The second-order valence-corrected chi connectivity index (χ2v) is 8.72. The minimum Gasteiger partial charge on any atom is -0.468 e. The highest BCUT2D eigenvalue weighted by atomic mass is 35.5. The van der Waals surface area contributed by atoms with Crippen molar-refractivity contribution in [2.45, 2.75) is 25.4 Å². The van der Waals surface area contributed by atoms with Crippen molar-refractivity contribution >= 4 is 41.0 Å². The van der Waals surface area contributed by atoms with Gasteiger partial charge in [-0.1, -0.05) is 53.5 Å². The van der Waals surface area contributed by atoms with Gasteiger partial charge in [-0.15, -0.1) is 0 Å². The van der Waals surface area contributed by atoms with Gasteiger partial charge in [0.05, 0.1) is 19.6 Å². The fraction of sp³-hybridized carbons (Fsp3) is 0.375. The van der Waals surface area contributed by atoms with Crippen LogP contribution in [-0.4, -0.2) is 60.9 Å². The van der Waals surface area contributed by atoms with Gasteiger partial charge in [0.1, 0.15) is 6.04 Å². The molecular formula is C24H27Cl2N3O4. The number of hydrogen-bond donors (Lipinski definition) is 1. The maximum Gasteiger partial charge on any atom is 0.327 e. The highest BCUT2D eigenvalue weighted by molar-refractivity contribution is 6.31. The average molecular weight is 492 g/mol. The largest absolute Gasteiger partial charge is 0.468 e. The first kappa shape index (κ1) is 25.0. The average Bonchev–Trinajstić information content (AvgIpc) is 2.80. The fourth-order valence-corrected chi connectivity index (χ4v) is 4.37. The van der Waals surface area contributed by atoms with E-state index in [1.165, 1.54) is 14.0 Å². The predicted octanol–water partition coefficient (Wildman–Crippen LogP) is 3.62. The van der Waals surface area contributed by atoms with Crippen LogP contribution in [0.1, 0.15) is 36.6 Å². The van der Waals surface area contributed by atoms with Gasteiger partial charge in [0.25, 0.3) is 0 Å². The van der Waals surface area contributed by atoms with E-state index in [-0.39, 0.29) is 18.2 Å². The molecule has 1 aliphatic heterocycles. The summed E-state index contributed by atoms with van der Waals surface area (Å²) in [5.41, 5.74) is 1.49. The number of esters is 1. The van der Waals surface area contributed by atoms with Crippen molar-refractivity contribution in [1.29, 1.82) is 0 Å². The van der Waals surface area contributed by atoms with Gasteiger partial charge in [0.2, 0.25) is 11.8 Å². The van der Waals surface area contributed by atoms with Crippen LogP contribution >= 0.6 is 23.2 Å². The van der Waals surface area contributed by atoms with E-state index in [1.54, 1.807) is 35.2 Å². The molecule has 2 aromatic carbocycles. The lowest BCUT2D eigenvalue weighted by molar-refractivity contribution is -0.148. The number of methoxy groups -OCH3 is 1. The van der Waals surface area contributed by atoms with Crippen LogP contribution in [0.5, 0.6) is 0 Å². The number of ether oxygens (including phenoxy) is 1. The Labute approximate surface area is 203 Å². The number of piperazine rings is 1. The van der Waals surface area contributed by atoms with E-state index >= 15 is 0 Å². The summed E-state index contributed by atoms with van der Waals surface area (Å²) in [6, 6.07) is 13.2. The molecular weight excluding hydrogens is 465 g/mol. The fourth-order valence-electron chi connectivity index (χ4n) is 4.01. The molecule has 9 heteroatoms. The quantitative estimate of drug-likeness (QED) is 0.598. The topological polar surface area (TPSA) is 79.0 Å². The molecule has 1 saturated heterocycles. The summed E-state index contributed by atoms with van der Waals surface area (Å²) in [7, 11) is 1.35. The summed E-state index contributed by atoms with van der Waals surface area (Å²) in [5, 5.41) is 3.92. The molecule has 0 aliphatic carbocycles. The molecule has 0 aromatic heterocycles. The standard InChI is InChI=1S/C24H27Cl2N3O4/c1-16(30)27-21(17-7-9-18(25)10-8-17)15-22(31)28-11-13-29(14-12-28)23(24(32)33-2)19-5-3-4-6-20(19)26/h3-10,21,23H,11-15H2,1-2H3,(H,27,30)/t21-,23+/m1/s1. The maximum atomic E-state index is 13.0. The number of nitrogens with zero attached hydrogens (tertiary/aromatic N) is 2. The zero-order valence-electron chi connectivity index (χ0n) is 18.6. The number of carbonyl (C=O) groups excluding carboxylic acids is 3. The molecule has 1 heterocycles. The first-order valence-corrected chi connectivity index (χ1v) is 11.4. The highest BCUT2D eigenvalue weighted by Crippen LogP contribution is 2.30. The Morgan fingerprint density at radius 3 is 2.21 bits per heavy atom. The van der Waals surface area contributed by atoms with Gasteiger partial charge in [0.15, 0.2) is 0 Å². The molecule has 0 saturated carbocycles. The predicted molar refractivity (Wildman–Crippen MR) is 127 cm³/mol. The van der Waals surface area contributed by atoms with E-state index < -0.39 is 18.1 Å². The van der Waals surface area contributed by atoms with Crippen molar-refractivity contribution in [2.24, 2.45) is 0 Å². The van der Waals surface area contributed by atoms with Crippen molar-refractivity contribution in [2.75, 3.05) is 33.3 Å². The Morgan fingerprint density at radius 1 is 1.00 bits per heavy atom. The molecule has 1 N–H and O–H groups in total. The molecule has 2 aromatic rings. The van der Waals surface area contributed by atoms with E-state index in [0.717, 1.165) is 5.56 Å². The van der Waals surface area contributed by atoms with Gasteiger partial charge in [-0.05, 0) is 29.3 Å². The lowest BCUT2D eigenvalue weighted by Crippen LogP contribution is -2.51. The summed E-state index contributed by atoms with van der Waals surface area (Å²) >= 11 is 12.3. The van der Waals surface area contributed by atoms with Crippen LogP contribution in [0.2, 0.25) is 10.0 Å². The molecule has 0 radical (unpaired) electrons. The maximum absolute atomic E-state index is 13.0. The number of carbonyl (C=O) groups is 3. The van der Waals surface area contributed by atoms with Crippen LogP contribution in [0.25, 0.3) is 0 Å². The Morgan fingerprint density at radius 2 is 1.64 bits per heavy atom. The van der Waals surface area contributed by atoms with E-state index in [2.05, 4.69) is 5.32 Å². The van der Waals surface area contributed by atoms with Gasteiger partial charge >= 0.3 is 5.97 Å². The van der Waals surface area contributed by atoms with Gasteiger partial charge in [0, 0.05) is 43.1 Å². The molecule has 1 aliphatic rings. The van der Waals surface area contributed by atoms with Crippen molar-refractivity contribution in [3.63, 3.8) is 0 Å². The summed E-state index contributed by atoms with van der Waals surface area (Å²) < 4.78 is 5.03. The smallest absolute Gasteiger partial charge is 0.327 e. The van der Waals surface area contributed by atoms with Crippen LogP contribution in [0, 0.1) is 0 Å². The van der Waals surface area contributed by atoms with Crippen LogP contribution in [-0.2, 0) is 19.1 Å². The Balaban J connectivity index is 1.67. The number of nitrogens with one attached hydrogen (secondary N) is 1. The highest BCUT2D eigenvalue weighted by Gasteiger charge is 2.34. The molecule has 176 valence electrons. The molecule has 2 amide bonds. The number of benzene rings is 2. The number of amides is 2. The number of hydrogen-bond acceptors (Lipinski definition) is 5. The summed E-state index contributed by atoms with van der Waals surface area (Å²) in [5.74, 6) is -0.680. The van der Waals surface area contributed by atoms with Crippen molar-refractivity contribution in [1.82, 2.24) is 15.1 Å². The monoisotopic (exact) mass is 491 g/mol. The minimum absolute atomic E-state index is 0.0734. The van der Waals surface area contributed by atoms with Crippen molar-refractivity contribution < 1.29 is 19.1 Å². The lowest BCUT2D eigenvalue weighted by Gasteiger charge is -2.38. The van der Waals surface area contributed by atoms with Gasteiger partial charge in [-0.2, -0.15) is 0 Å². The van der Waals surface area contributed by atoms with Crippen LogP contribution < -0.4 is 5.32 Å². The number of rotatable bonds is 7. The van der Waals surface area contributed by atoms with E-state index in [1.807, 2.05) is 23.1 Å². The van der Waals surface area contributed by atoms with Crippen LogP contribution in [0.4, 0.5) is 0 Å². The normalized spacial score (nSPS) is 16.1.